The van der Waals surface area contributed by atoms with Gasteiger partial charge in [0.25, 0.3) is 5.56 Å². The van der Waals surface area contributed by atoms with Crippen LogP contribution in [0.1, 0.15) is 32.4 Å². The number of aromatic amines is 1. The third-order valence-electron chi connectivity index (χ3n) is 4.57. The van der Waals surface area contributed by atoms with E-state index in [0.29, 0.717) is 16.1 Å². The van der Waals surface area contributed by atoms with Crippen molar-refractivity contribution >= 4 is 44.3 Å². The van der Waals surface area contributed by atoms with Crippen LogP contribution >= 0.6 is 11.6 Å². The molecule has 2 heterocycles. The Bertz CT molecular complexity index is 1230. The van der Waals surface area contributed by atoms with Gasteiger partial charge in [0.1, 0.15) is 5.82 Å². The summed E-state index contributed by atoms with van der Waals surface area (Å²) in [5, 5.41) is 4.45. The smallest absolute Gasteiger partial charge is 0.253 e. The molecule has 0 aliphatic rings. The van der Waals surface area contributed by atoms with Gasteiger partial charge < -0.3 is 10.3 Å². The molecule has 3 rings (SSSR count). The first-order valence-electron chi connectivity index (χ1n) is 9.45. The number of halogens is 1. The predicted octanol–water partition coefficient (Wildman–Crippen LogP) is 3.57. The van der Waals surface area contributed by atoms with Crippen LogP contribution in [-0.4, -0.2) is 36.2 Å². The van der Waals surface area contributed by atoms with Crippen molar-refractivity contribution in [2.75, 3.05) is 22.4 Å². The molecular weight excluding hydrogens is 426 g/mol. The van der Waals surface area contributed by atoms with Crippen LogP contribution in [0.25, 0.3) is 10.9 Å². The summed E-state index contributed by atoms with van der Waals surface area (Å²) in [7, 11) is -2.03. The number of hydrogen-bond acceptors (Lipinski definition) is 6. The van der Waals surface area contributed by atoms with Crippen LogP contribution in [0, 0.1) is 5.92 Å². The highest BCUT2D eigenvalue weighted by atomic mass is 35.5. The first-order chi connectivity index (χ1) is 14.1. The minimum Gasteiger partial charge on any atom is -0.347 e. The normalized spacial score (nSPS) is 12.9. The largest absolute Gasteiger partial charge is 0.347 e. The van der Waals surface area contributed by atoms with E-state index in [4.69, 9.17) is 11.6 Å². The van der Waals surface area contributed by atoms with Gasteiger partial charge in [0.2, 0.25) is 16.0 Å². The average Bonchev–Trinajstić information content (AvgIpc) is 2.66. The van der Waals surface area contributed by atoms with E-state index in [1.54, 1.807) is 31.2 Å². The van der Waals surface area contributed by atoms with Gasteiger partial charge in [-0.3, -0.25) is 9.10 Å². The maximum Gasteiger partial charge on any atom is 0.253 e. The maximum absolute atomic E-state index is 12.5. The Morgan fingerprint density at radius 2 is 1.93 bits per heavy atom. The highest BCUT2D eigenvalue weighted by molar-refractivity contribution is 7.92. The van der Waals surface area contributed by atoms with E-state index in [1.165, 1.54) is 19.3 Å². The van der Waals surface area contributed by atoms with Gasteiger partial charge in [0.15, 0.2) is 0 Å². The van der Waals surface area contributed by atoms with E-state index >= 15 is 0 Å². The van der Waals surface area contributed by atoms with Gasteiger partial charge in [-0.25, -0.2) is 13.4 Å². The summed E-state index contributed by atoms with van der Waals surface area (Å²) in [5.41, 5.74) is 0.938. The number of aromatic nitrogens is 3. The fourth-order valence-corrected chi connectivity index (χ4v) is 4.69. The molecule has 160 valence electrons. The quantitative estimate of drug-likeness (QED) is 0.570. The topological polar surface area (TPSA) is 108 Å². The molecular formula is C20H24ClN5O3S. The lowest BCUT2D eigenvalue weighted by Gasteiger charge is -2.20. The number of nitrogens with zero attached hydrogens (tertiary/aromatic N) is 3. The highest BCUT2D eigenvalue weighted by Crippen LogP contribution is 2.22. The first kappa shape index (κ1) is 22.0. The monoisotopic (exact) mass is 449 g/mol. The molecule has 0 saturated carbocycles. The third-order valence-corrected chi connectivity index (χ3v) is 6.92. The van der Waals surface area contributed by atoms with Crippen molar-refractivity contribution in [2.45, 2.75) is 26.8 Å². The number of rotatable bonds is 7. The minimum absolute atomic E-state index is 0.00923. The molecule has 30 heavy (non-hydrogen) atoms. The van der Waals surface area contributed by atoms with Crippen molar-refractivity contribution in [2.24, 2.45) is 5.92 Å². The van der Waals surface area contributed by atoms with E-state index in [9.17, 15) is 13.2 Å². The predicted molar refractivity (Wildman–Crippen MR) is 121 cm³/mol. The molecule has 0 aliphatic carbocycles. The Morgan fingerprint density at radius 3 is 2.63 bits per heavy atom. The second-order valence-corrected chi connectivity index (χ2v) is 10.0. The van der Waals surface area contributed by atoms with Crippen molar-refractivity contribution in [3.63, 3.8) is 0 Å². The van der Waals surface area contributed by atoms with E-state index in [1.807, 2.05) is 13.8 Å². The van der Waals surface area contributed by atoms with Gasteiger partial charge in [0, 0.05) is 40.8 Å². The SMILES string of the molecule is CC(C)CS(=O)(=O)N(C)c1ccnc(NC(C)c2cc3cc(Cl)ccc3[nH]c2=O)n1. The zero-order valence-electron chi connectivity index (χ0n) is 17.2. The summed E-state index contributed by atoms with van der Waals surface area (Å²) >= 11 is 6.05. The summed E-state index contributed by atoms with van der Waals surface area (Å²) < 4.78 is 26.1. The number of sulfonamides is 1. The molecule has 1 atom stereocenters. The van der Waals surface area contributed by atoms with Gasteiger partial charge >= 0.3 is 0 Å². The molecule has 0 amide bonds. The second-order valence-electron chi connectivity index (χ2n) is 7.53. The number of H-pyrrole nitrogens is 1. The maximum atomic E-state index is 12.5. The van der Waals surface area contributed by atoms with E-state index in [0.717, 1.165) is 9.69 Å². The molecule has 8 nitrogen and oxygen atoms in total. The molecule has 0 saturated heterocycles. The Labute approximate surface area is 180 Å². The molecule has 10 heteroatoms. The fraction of sp³-hybridized carbons (Fsp3) is 0.350. The number of pyridine rings is 1. The molecule has 1 unspecified atom stereocenters. The summed E-state index contributed by atoms with van der Waals surface area (Å²) in [6.07, 6.45) is 1.48. The summed E-state index contributed by atoms with van der Waals surface area (Å²) in [6.45, 7) is 5.48. The lowest BCUT2D eigenvalue weighted by molar-refractivity contribution is 0.580. The van der Waals surface area contributed by atoms with E-state index < -0.39 is 16.1 Å². The zero-order chi connectivity index (χ0) is 22.1. The van der Waals surface area contributed by atoms with Gasteiger partial charge in [-0.1, -0.05) is 25.4 Å². The number of nitrogens with one attached hydrogen (secondary N) is 2. The third kappa shape index (κ3) is 4.91. The van der Waals surface area contributed by atoms with E-state index in [-0.39, 0.29) is 29.0 Å². The van der Waals surface area contributed by atoms with Gasteiger partial charge in [-0.05, 0) is 37.1 Å². The standard InChI is InChI=1S/C20H24ClN5O3S/c1-12(2)11-30(28,29)26(4)18-7-8-22-20(25-18)23-13(3)16-10-14-9-15(21)5-6-17(14)24-19(16)27/h5-10,12-13H,11H2,1-4H3,(H,24,27)(H,22,23,25). The van der Waals surface area contributed by atoms with Crippen molar-refractivity contribution in [3.8, 4) is 0 Å². The van der Waals surface area contributed by atoms with Gasteiger partial charge in [0.05, 0.1) is 11.8 Å². The van der Waals surface area contributed by atoms with Crippen molar-refractivity contribution in [1.29, 1.82) is 0 Å². The van der Waals surface area contributed by atoms with Crippen LogP contribution in [0.15, 0.2) is 41.3 Å². The van der Waals surface area contributed by atoms with Crippen LogP contribution in [0.5, 0.6) is 0 Å². The molecule has 3 aromatic rings. The molecule has 1 aromatic carbocycles. The van der Waals surface area contributed by atoms with Gasteiger partial charge in [-0.2, -0.15) is 4.98 Å². The molecule has 0 spiro atoms. The van der Waals surface area contributed by atoms with Crippen molar-refractivity contribution in [1.82, 2.24) is 15.0 Å². The van der Waals surface area contributed by atoms with Crippen molar-refractivity contribution < 1.29 is 8.42 Å². The Hall–Kier alpha value is -2.65. The van der Waals surface area contributed by atoms with Gasteiger partial charge in [-0.15, -0.1) is 0 Å². The van der Waals surface area contributed by atoms with Crippen LogP contribution in [-0.2, 0) is 10.0 Å². The summed E-state index contributed by atoms with van der Waals surface area (Å²) in [5.74, 6) is 0.476. The van der Waals surface area contributed by atoms with Crippen LogP contribution in [0.2, 0.25) is 5.02 Å². The molecule has 0 aliphatic heterocycles. The Morgan fingerprint density at radius 1 is 1.20 bits per heavy atom. The van der Waals surface area contributed by atoms with Crippen molar-refractivity contribution in [3.05, 3.63) is 57.5 Å². The van der Waals surface area contributed by atoms with Crippen LogP contribution in [0.3, 0.4) is 0 Å². The summed E-state index contributed by atoms with van der Waals surface area (Å²) in [4.78, 5) is 23.8. The van der Waals surface area contributed by atoms with Crippen LogP contribution in [0.4, 0.5) is 11.8 Å². The molecule has 2 aromatic heterocycles. The molecule has 0 fully saturated rings. The number of fused-ring (bicyclic) bond motifs is 1. The second kappa shape index (κ2) is 8.61. The number of hydrogen-bond donors (Lipinski definition) is 2. The lowest BCUT2D eigenvalue weighted by Crippen LogP contribution is -2.31. The highest BCUT2D eigenvalue weighted by Gasteiger charge is 2.22. The zero-order valence-corrected chi connectivity index (χ0v) is 18.8. The summed E-state index contributed by atoms with van der Waals surface area (Å²) in [6, 6.07) is 8.10. The number of anilines is 2. The minimum atomic E-state index is -3.50. The fourth-order valence-electron chi connectivity index (χ4n) is 3.06. The first-order valence-corrected chi connectivity index (χ1v) is 11.4. The number of benzene rings is 1. The Balaban J connectivity index is 1.87. The molecule has 0 bridgehead atoms. The Kier molecular flexibility index (Phi) is 6.33. The average molecular weight is 450 g/mol. The van der Waals surface area contributed by atoms with E-state index in [2.05, 4.69) is 20.3 Å². The van der Waals surface area contributed by atoms with Crippen LogP contribution < -0.4 is 15.2 Å². The molecule has 2 N–H and O–H groups in total. The lowest BCUT2D eigenvalue weighted by atomic mass is 10.1. The molecule has 0 radical (unpaired) electrons.